The van der Waals surface area contributed by atoms with Crippen LogP contribution in [0.25, 0.3) is 33.4 Å². The molecule has 35 heavy (non-hydrogen) atoms. The van der Waals surface area contributed by atoms with Crippen LogP contribution >= 0.6 is 11.8 Å². The maximum atomic E-state index is 13.3. The van der Waals surface area contributed by atoms with Crippen LogP contribution in [0, 0.1) is 0 Å². The van der Waals surface area contributed by atoms with Gasteiger partial charge in [-0.1, -0.05) is 60.3 Å². The molecule has 0 N–H and O–H groups in total. The highest BCUT2D eigenvalue weighted by Gasteiger charge is 2.32. The first-order valence-electron chi connectivity index (χ1n) is 11.0. The highest BCUT2D eigenvalue weighted by Crippen LogP contribution is 2.52. The molecule has 0 amide bonds. The maximum Gasteiger partial charge on any atom is 0.339 e. The van der Waals surface area contributed by atoms with Gasteiger partial charge in [-0.25, -0.2) is 9.59 Å². The summed E-state index contributed by atoms with van der Waals surface area (Å²) >= 11 is 1.65. The first-order chi connectivity index (χ1) is 17.1. The molecule has 4 aromatic carbocycles. The average molecular weight is 483 g/mol. The van der Waals surface area contributed by atoms with Gasteiger partial charge in [0, 0.05) is 15.4 Å². The van der Waals surface area contributed by atoms with Gasteiger partial charge >= 0.3 is 11.9 Å². The first kappa shape index (κ1) is 22.7. The van der Waals surface area contributed by atoms with Crippen molar-refractivity contribution in [2.24, 2.45) is 0 Å². The van der Waals surface area contributed by atoms with E-state index in [-0.39, 0.29) is 11.1 Å². The van der Waals surface area contributed by atoms with E-state index in [9.17, 15) is 9.59 Å². The Morgan fingerprint density at radius 3 is 2.00 bits per heavy atom. The standard InChI is InChI=1S/C29H22O5S/c1-32-18-10-8-9-17(15-18)25-26-20-12-5-7-14-24(20)35-23-13-6-4-11-19(23)21(26)16-22(28(30)33-2)27(25)29(31)34-3/h4-16H,1-3H3. The molecule has 0 fully saturated rings. The van der Waals surface area contributed by atoms with Crippen LogP contribution in [0.5, 0.6) is 5.75 Å². The van der Waals surface area contributed by atoms with Crippen LogP contribution < -0.4 is 4.74 Å². The van der Waals surface area contributed by atoms with E-state index in [1.165, 1.54) is 14.2 Å². The van der Waals surface area contributed by atoms with Gasteiger partial charge in [0.25, 0.3) is 0 Å². The summed E-state index contributed by atoms with van der Waals surface area (Å²) in [7, 11) is 4.21. The van der Waals surface area contributed by atoms with Crippen molar-refractivity contribution in [3.63, 3.8) is 0 Å². The molecule has 0 aliphatic carbocycles. The molecule has 5 nitrogen and oxygen atoms in total. The minimum Gasteiger partial charge on any atom is -0.497 e. The van der Waals surface area contributed by atoms with Crippen molar-refractivity contribution in [1.29, 1.82) is 0 Å². The van der Waals surface area contributed by atoms with E-state index in [1.54, 1.807) is 24.9 Å². The third kappa shape index (κ3) is 3.86. The summed E-state index contributed by atoms with van der Waals surface area (Å²) in [6.07, 6.45) is 0. The van der Waals surface area contributed by atoms with Gasteiger partial charge in [-0.05, 0) is 58.1 Å². The SMILES string of the molecule is COC(=O)c1cc2c(c(-c3cccc(OC)c3)c1C(=O)OC)-c1ccccc1Sc1ccccc1-2. The highest BCUT2D eigenvalue weighted by atomic mass is 32.2. The highest BCUT2D eigenvalue weighted by molar-refractivity contribution is 7.99. The van der Waals surface area contributed by atoms with Crippen molar-refractivity contribution < 1.29 is 23.8 Å². The van der Waals surface area contributed by atoms with Gasteiger partial charge in [-0.3, -0.25) is 0 Å². The molecule has 1 aliphatic rings. The fourth-order valence-electron chi connectivity index (χ4n) is 4.49. The second-order valence-electron chi connectivity index (χ2n) is 7.91. The molecule has 0 unspecified atom stereocenters. The summed E-state index contributed by atoms with van der Waals surface area (Å²) in [5.74, 6) is -0.596. The van der Waals surface area contributed by atoms with Crippen LogP contribution in [0.3, 0.4) is 0 Å². The lowest BCUT2D eigenvalue weighted by atomic mass is 9.82. The molecular formula is C29H22O5S. The number of hydrogen-bond donors (Lipinski definition) is 0. The Labute approximate surface area is 207 Å². The minimum absolute atomic E-state index is 0.148. The van der Waals surface area contributed by atoms with Gasteiger partial charge in [-0.15, -0.1) is 0 Å². The van der Waals surface area contributed by atoms with Crippen molar-refractivity contribution >= 4 is 23.7 Å². The third-order valence-corrected chi connectivity index (χ3v) is 7.19. The summed E-state index contributed by atoms with van der Waals surface area (Å²) < 4.78 is 15.8. The number of rotatable bonds is 4. The summed E-state index contributed by atoms with van der Waals surface area (Å²) in [5, 5.41) is 0. The zero-order valence-electron chi connectivity index (χ0n) is 19.5. The molecule has 0 atom stereocenters. The van der Waals surface area contributed by atoms with Crippen LogP contribution in [-0.2, 0) is 9.47 Å². The van der Waals surface area contributed by atoms with Crippen molar-refractivity contribution in [2.75, 3.05) is 21.3 Å². The normalized spacial score (nSPS) is 11.4. The lowest BCUT2D eigenvalue weighted by Crippen LogP contribution is -2.15. The fraction of sp³-hybridized carbons (Fsp3) is 0.103. The molecule has 6 heteroatoms. The van der Waals surface area contributed by atoms with E-state index in [0.29, 0.717) is 11.3 Å². The van der Waals surface area contributed by atoms with Gasteiger partial charge in [0.2, 0.25) is 0 Å². The quantitative estimate of drug-likeness (QED) is 0.265. The predicted molar refractivity (Wildman–Crippen MR) is 136 cm³/mol. The van der Waals surface area contributed by atoms with E-state index in [0.717, 1.165) is 37.6 Å². The first-order valence-corrected chi connectivity index (χ1v) is 11.8. The van der Waals surface area contributed by atoms with Gasteiger partial charge in [0.05, 0.1) is 32.5 Å². The van der Waals surface area contributed by atoms with Crippen molar-refractivity contribution in [1.82, 2.24) is 0 Å². The van der Waals surface area contributed by atoms with Crippen LogP contribution in [0.2, 0.25) is 0 Å². The van der Waals surface area contributed by atoms with E-state index in [4.69, 9.17) is 14.2 Å². The van der Waals surface area contributed by atoms with Crippen LogP contribution in [-0.4, -0.2) is 33.3 Å². The Bertz CT molecular complexity index is 1470. The fourth-order valence-corrected chi connectivity index (χ4v) is 5.58. The second-order valence-corrected chi connectivity index (χ2v) is 8.99. The number of hydrogen-bond acceptors (Lipinski definition) is 6. The van der Waals surface area contributed by atoms with Crippen molar-refractivity contribution in [3.8, 4) is 39.1 Å². The van der Waals surface area contributed by atoms with E-state index in [2.05, 4.69) is 12.1 Å². The molecule has 0 bridgehead atoms. The molecule has 0 saturated carbocycles. The summed E-state index contributed by atoms with van der Waals surface area (Å²) in [5.41, 5.74) is 5.24. The Balaban J connectivity index is 2.03. The molecule has 0 spiro atoms. The Morgan fingerprint density at radius 2 is 1.31 bits per heavy atom. The molecule has 0 saturated heterocycles. The number of esters is 2. The topological polar surface area (TPSA) is 61.8 Å². The Morgan fingerprint density at radius 1 is 0.657 bits per heavy atom. The molecule has 1 aliphatic heterocycles. The molecular weight excluding hydrogens is 460 g/mol. The van der Waals surface area contributed by atoms with Crippen LogP contribution in [0.15, 0.2) is 88.7 Å². The van der Waals surface area contributed by atoms with E-state index < -0.39 is 11.9 Å². The van der Waals surface area contributed by atoms with Crippen LogP contribution in [0.1, 0.15) is 20.7 Å². The van der Waals surface area contributed by atoms with Crippen molar-refractivity contribution in [2.45, 2.75) is 9.79 Å². The minimum atomic E-state index is -0.617. The zero-order valence-corrected chi connectivity index (χ0v) is 20.3. The molecule has 0 aromatic heterocycles. The lowest BCUT2D eigenvalue weighted by Gasteiger charge is -2.21. The van der Waals surface area contributed by atoms with E-state index >= 15 is 0 Å². The number of benzene rings is 4. The molecule has 0 radical (unpaired) electrons. The number of carbonyl (C=O) groups is 2. The number of ether oxygens (including phenoxy) is 3. The van der Waals surface area contributed by atoms with Gasteiger partial charge in [-0.2, -0.15) is 0 Å². The number of methoxy groups -OCH3 is 3. The number of fused-ring (bicyclic) bond motifs is 5. The Hall–Kier alpha value is -4.03. The smallest absolute Gasteiger partial charge is 0.339 e. The zero-order chi connectivity index (χ0) is 24.5. The molecule has 4 aromatic rings. The Kier molecular flexibility index (Phi) is 6.05. The van der Waals surface area contributed by atoms with Crippen LogP contribution in [0.4, 0.5) is 0 Å². The molecule has 5 rings (SSSR count). The predicted octanol–water partition coefficient (Wildman–Crippen LogP) is 6.73. The van der Waals surface area contributed by atoms with E-state index in [1.807, 2.05) is 60.7 Å². The average Bonchev–Trinajstić information content (AvgIpc) is 3.05. The summed E-state index contributed by atoms with van der Waals surface area (Å²) in [6, 6.07) is 25.3. The second kappa shape index (κ2) is 9.31. The summed E-state index contributed by atoms with van der Waals surface area (Å²) in [6.45, 7) is 0. The third-order valence-electron chi connectivity index (χ3n) is 6.03. The molecule has 1 heterocycles. The van der Waals surface area contributed by atoms with Gasteiger partial charge in [0.15, 0.2) is 0 Å². The monoisotopic (exact) mass is 482 g/mol. The maximum absolute atomic E-state index is 13.3. The molecule has 174 valence electrons. The van der Waals surface area contributed by atoms with Gasteiger partial charge < -0.3 is 14.2 Å². The summed E-state index contributed by atoms with van der Waals surface area (Å²) in [4.78, 5) is 28.4. The van der Waals surface area contributed by atoms with Gasteiger partial charge in [0.1, 0.15) is 5.75 Å². The number of carbonyl (C=O) groups excluding carboxylic acids is 2. The largest absolute Gasteiger partial charge is 0.497 e. The lowest BCUT2D eigenvalue weighted by molar-refractivity contribution is 0.0556. The van der Waals surface area contributed by atoms with Crippen molar-refractivity contribution in [3.05, 3.63) is 90.0 Å².